The van der Waals surface area contributed by atoms with Gasteiger partial charge in [-0.1, -0.05) is 12.1 Å². The fourth-order valence-corrected chi connectivity index (χ4v) is 2.48. The zero-order valence-electron chi connectivity index (χ0n) is 15.3. The first kappa shape index (κ1) is 26.1. The molecule has 0 amide bonds. The minimum atomic E-state index is 0. The number of rotatable bonds is 0. The van der Waals surface area contributed by atoms with Crippen molar-refractivity contribution in [2.75, 3.05) is 0 Å². The van der Waals surface area contributed by atoms with E-state index in [2.05, 4.69) is 91.0 Å². The van der Waals surface area contributed by atoms with Crippen LogP contribution in [-0.2, 0) is 24.6 Å². The van der Waals surface area contributed by atoms with E-state index < -0.39 is 0 Å². The van der Waals surface area contributed by atoms with Gasteiger partial charge in [-0.05, 0) is 0 Å². The van der Waals surface area contributed by atoms with Crippen LogP contribution in [0.1, 0.15) is 0 Å². The molecule has 0 fully saturated rings. The molecule has 4 heteroatoms. The van der Waals surface area contributed by atoms with Crippen molar-refractivity contribution < 1.29 is 24.6 Å². The Morgan fingerprint density at radius 3 is 1.32 bits per heavy atom. The van der Waals surface area contributed by atoms with E-state index in [-0.39, 0.29) is 24.8 Å². The molecule has 0 aliphatic rings. The second-order valence-corrected chi connectivity index (χ2v) is 5.39. The number of hydrogen-bond acceptors (Lipinski definition) is 1. The van der Waals surface area contributed by atoms with Crippen molar-refractivity contribution in [1.29, 1.82) is 3.29 Å². The molecular formula is C24H22Cl2NZr-3. The fraction of sp³-hybridized carbons (Fsp3) is 0. The van der Waals surface area contributed by atoms with E-state index in [1.807, 2.05) is 30.3 Å². The second-order valence-electron chi connectivity index (χ2n) is 5.39. The Morgan fingerprint density at radius 1 is 0.571 bits per heavy atom. The molecule has 0 aliphatic carbocycles. The summed E-state index contributed by atoms with van der Waals surface area (Å²) < 4.78 is 5.84. The number of hydrogen-bond donors (Lipinski definition) is 1. The predicted octanol–water partition coefficient (Wildman–Crippen LogP) is 7.74. The van der Waals surface area contributed by atoms with Crippen molar-refractivity contribution in [3.63, 3.8) is 0 Å². The van der Waals surface area contributed by atoms with Gasteiger partial charge >= 0.3 is 27.8 Å². The van der Waals surface area contributed by atoms with E-state index in [9.17, 15) is 0 Å². The van der Waals surface area contributed by atoms with Crippen molar-refractivity contribution >= 4 is 46.4 Å². The first-order chi connectivity index (χ1) is 12.9. The summed E-state index contributed by atoms with van der Waals surface area (Å²) in [6.45, 7) is 0. The van der Waals surface area contributed by atoms with Crippen molar-refractivity contribution in [3.8, 4) is 0 Å². The van der Waals surface area contributed by atoms with E-state index in [4.69, 9.17) is 3.29 Å². The quantitative estimate of drug-likeness (QED) is 0.217. The van der Waals surface area contributed by atoms with Crippen LogP contribution in [0.2, 0.25) is 0 Å². The van der Waals surface area contributed by atoms with Crippen LogP contribution in [0.4, 0.5) is 0 Å². The smallest absolute Gasteiger partial charge is 0.0809 e. The molecule has 28 heavy (non-hydrogen) atoms. The van der Waals surface area contributed by atoms with Crippen LogP contribution in [-0.4, -0.2) is 0 Å². The largest absolute Gasteiger partial charge is 0.184 e. The molecule has 5 rings (SSSR count). The van der Waals surface area contributed by atoms with Gasteiger partial charge in [0.15, 0.2) is 0 Å². The molecule has 5 aromatic rings. The van der Waals surface area contributed by atoms with Gasteiger partial charge in [-0.3, -0.25) is 0 Å². The topological polar surface area (TPSA) is 23.9 Å². The van der Waals surface area contributed by atoms with Gasteiger partial charge < -0.3 is 0 Å². The van der Waals surface area contributed by atoms with Crippen molar-refractivity contribution in [2.24, 2.45) is 0 Å². The van der Waals surface area contributed by atoms with Gasteiger partial charge in [0.2, 0.25) is 0 Å². The monoisotopic (exact) mass is 484 g/mol. The number of halogens is 2. The molecule has 1 nitrogen and oxygen atoms in total. The maximum absolute atomic E-state index is 5.84. The molecule has 0 bridgehead atoms. The fourth-order valence-electron chi connectivity index (χ4n) is 2.48. The Bertz CT molecular complexity index is 840. The van der Waals surface area contributed by atoms with E-state index in [0.717, 1.165) is 24.6 Å². The average molecular weight is 487 g/mol. The summed E-state index contributed by atoms with van der Waals surface area (Å²) in [6.07, 6.45) is 0. The van der Waals surface area contributed by atoms with E-state index in [1.54, 1.807) is 0 Å². The van der Waals surface area contributed by atoms with E-state index in [1.165, 1.54) is 21.5 Å². The molecule has 0 unspecified atom stereocenters. The summed E-state index contributed by atoms with van der Waals surface area (Å²) in [6, 6.07) is 41.8. The van der Waals surface area contributed by atoms with Crippen LogP contribution in [0, 0.1) is 9.36 Å². The van der Waals surface area contributed by atoms with E-state index >= 15 is 0 Å². The van der Waals surface area contributed by atoms with Crippen molar-refractivity contribution in [3.05, 3.63) is 121 Å². The van der Waals surface area contributed by atoms with Gasteiger partial charge in [0.1, 0.15) is 0 Å². The predicted molar refractivity (Wildman–Crippen MR) is 122 cm³/mol. The zero-order chi connectivity index (χ0) is 18.5. The molecule has 0 aliphatic heterocycles. The van der Waals surface area contributed by atoms with Crippen molar-refractivity contribution in [2.45, 2.75) is 0 Å². The normalized spacial score (nSPS) is 8.39. The van der Waals surface area contributed by atoms with Crippen LogP contribution >= 0.6 is 24.8 Å². The van der Waals surface area contributed by atoms with Crippen LogP contribution in [0.3, 0.4) is 0 Å². The molecule has 0 heterocycles. The average Bonchev–Trinajstić information content (AvgIpc) is 3.41. The summed E-state index contributed by atoms with van der Waals surface area (Å²) >= 11 is 0.800. The Kier molecular flexibility index (Phi) is 15.1. The van der Waals surface area contributed by atoms with Crippen molar-refractivity contribution in [1.82, 2.24) is 0 Å². The third kappa shape index (κ3) is 8.89. The molecule has 1 N–H and O–H groups in total. The number of benzene rings is 3. The molecule has 5 aromatic carbocycles. The van der Waals surface area contributed by atoms with Gasteiger partial charge in [-0.15, -0.1) is 84.1 Å². The third-order valence-electron chi connectivity index (χ3n) is 3.70. The van der Waals surface area contributed by atoms with Crippen LogP contribution in [0.5, 0.6) is 0 Å². The number of nitrogens with one attached hydrogen (secondary N) is 1. The van der Waals surface area contributed by atoms with Gasteiger partial charge in [0.05, 0.1) is 0 Å². The summed E-state index contributed by atoms with van der Waals surface area (Å²) in [5, 5.41) is 5.32. The Morgan fingerprint density at radius 2 is 1.00 bits per heavy atom. The maximum atomic E-state index is 5.84. The zero-order valence-corrected chi connectivity index (χ0v) is 19.4. The summed E-state index contributed by atoms with van der Waals surface area (Å²) in [7, 11) is 0. The van der Waals surface area contributed by atoms with Gasteiger partial charge in [-0.2, -0.15) is 71.4 Å². The first-order valence-electron chi connectivity index (χ1n) is 8.30. The number of fused-ring (bicyclic) bond motifs is 2. The van der Waals surface area contributed by atoms with Gasteiger partial charge in [-0.25, -0.2) is 0 Å². The molecule has 0 saturated heterocycles. The molecule has 0 radical (unpaired) electrons. The molecular weight excluding hydrogens is 464 g/mol. The SMILES string of the molecule is Cl.Cl.[NH]=[Zr].[c-]1ccccc1.c1ccc2[cH-]ccc2c1.c1ccc2[cH-]ccc2c1. The minimum Gasteiger partial charge on any atom is -0.184 e. The maximum Gasteiger partial charge on any atom is -0.0809 e. The summed E-state index contributed by atoms with van der Waals surface area (Å²) in [4.78, 5) is 0. The Hall–Kier alpha value is -1.86. The summed E-state index contributed by atoms with van der Waals surface area (Å²) in [5.41, 5.74) is 0. The Balaban J connectivity index is 0.000000368. The van der Waals surface area contributed by atoms with E-state index in [0.29, 0.717) is 0 Å². The van der Waals surface area contributed by atoms with Crippen LogP contribution in [0.15, 0.2) is 115 Å². The minimum absolute atomic E-state index is 0. The molecule has 0 aromatic heterocycles. The molecule has 0 atom stereocenters. The van der Waals surface area contributed by atoms with Gasteiger partial charge in [0.25, 0.3) is 0 Å². The van der Waals surface area contributed by atoms with Crippen LogP contribution < -0.4 is 0 Å². The van der Waals surface area contributed by atoms with Gasteiger partial charge in [0, 0.05) is 0 Å². The summed E-state index contributed by atoms with van der Waals surface area (Å²) in [5.74, 6) is 0. The molecule has 0 saturated carbocycles. The molecule has 0 spiro atoms. The molecule has 144 valence electrons. The standard InChI is InChI=1S/2C9H7.C6H5.2ClH.HN.Zr/c2*1-2-5-9-7-3-6-8(9)4-1;1-2-4-6-5-3-1;;;;/h2*1-7H;1-5H;3*1H;/q3*-1;;;;. The van der Waals surface area contributed by atoms with Crippen LogP contribution in [0.25, 0.3) is 21.5 Å². The third-order valence-corrected chi connectivity index (χ3v) is 3.70. The Labute approximate surface area is 194 Å². The first-order valence-corrected chi connectivity index (χ1v) is 9.53. The second kappa shape index (κ2) is 16.1.